The summed E-state index contributed by atoms with van der Waals surface area (Å²) in [5.41, 5.74) is 0.754. The number of aromatic nitrogens is 3. The number of amides is 1. The van der Waals surface area contributed by atoms with Crippen LogP contribution in [-0.4, -0.2) is 45.4 Å². The van der Waals surface area contributed by atoms with E-state index >= 15 is 0 Å². The van der Waals surface area contributed by atoms with Gasteiger partial charge < -0.3 is 14.8 Å². The van der Waals surface area contributed by atoms with Crippen molar-refractivity contribution in [3.05, 3.63) is 52.3 Å². The van der Waals surface area contributed by atoms with Crippen LogP contribution in [0.3, 0.4) is 0 Å². The molecule has 0 radical (unpaired) electrons. The number of benzene rings is 1. The van der Waals surface area contributed by atoms with E-state index in [2.05, 4.69) is 20.3 Å². The number of hydrogen-bond donors (Lipinski definition) is 1. The molecular weight excluding hydrogens is 505 g/mol. The van der Waals surface area contributed by atoms with Gasteiger partial charge in [-0.3, -0.25) is 4.90 Å². The van der Waals surface area contributed by atoms with Gasteiger partial charge in [-0.2, -0.15) is 4.98 Å². The van der Waals surface area contributed by atoms with E-state index in [0.29, 0.717) is 5.02 Å². The number of carbonyl (C=O) groups is 1. The minimum atomic E-state index is -0.807. The Morgan fingerprint density at radius 1 is 1.28 bits per heavy atom. The third kappa shape index (κ3) is 6.11. The number of rotatable bonds is 8. The van der Waals surface area contributed by atoms with Crippen LogP contribution >= 0.6 is 22.9 Å². The van der Waals surface area contributed by atoms with Gasteiger partial charge in [-0.1, -0.05) is 23.7 Å². The molecule has 8 nitrogen and oxygen atoms in total. The minimum Gasteiger partial charge on any atom is -0.447 e. The molecule has 4 rings (SSSR count). The summed E-state index contributed by atoms with van der Waals surface area (Å²) in [5, 5.41) is 4.67. The van der Waals surface area contributed by atoms with Gasteiger partial charge in [-0.25, -0.2) is 19.2 Å². The van der Waals surface area contributed by atoms with Crippen molar-refractivity contribution in [2.75, 3.05) is 16.8 Å². The molecule has 1 amide bonds. The predicted octanol–water partition coefficient (Wildman–Crippen LogP) is 6.42. The second-order valence-electron chi connectivity index (χ2n) is 9.56. The molecule has 1 fully saturated rings. The fourth-order valence-corrected chi connectivity index (χ4v) is 4.96. The number of hydrogen-bond acceptors (Lipinski definition) is 8. The van der Waals surface area contributed by atoms with Crippen LogP contribution < -0.4 is 10.2 Å². The molecule has 192 valence electrons. The summed E-state index contributed by atoms with van der Waals surface area (Å²) in [7, 11) is 0. The van der Waals surface area contributed by atoms with E-state index in [1.807, 2.05) is 58.9 Å². The molecule has 2 aromatic heterocycles. The Morgan fingerprint density at radius 3 is 2.67 bits per heavy atom. The molecule has 0 spiro atoms. The lowest BCUT2D eigenvalue weighted by Crippen LogP contribution is -2.45. The van der Waals surface area contributed by atoms with Gasteiger partial charge in [0.05, 0.1) is 28.3 Å². The number of anilines is 2. The van der Waals surface area contributed by atoms with Gasteiger partial charge in [0.2, 0.25) is 5.95 Å². The van der Waals surface area contributed by atoms with Gasteiger partial charge in [0.15, 0.2) is 0 Å². The molecule has 3 heterocycles. The SMILES string of the molecule is C[C@H](Nc1nc(CF)cc(N2C(=O)OC[C@@H]2[C@@H](C)OC(C)(C)C)n1)c1ncc(-c2ccc(Cl)cc2)s1. The summed E-state index contributed by atoms with van der Waals surface area (Å²) in [6, 6.07) is 8.33. The molecule has 0 bridgehead atoms. The zero-order valence-electron chi connectivity index (χ0n) is 20.8. The molecular formula is C25H29ClFN5O3S. The lowest BCUT2D eigenvalue weighted by Gasteiger charge is -2.31. The number of alkyl halides is 1. The second-order valence-corrected chi connectivity index (χ2v) is 11.1. The molecule has 1 N–H and O–H groups in total. The molecule has 3 aromatic rings. The van der Waals surface area contributed by atoms with Crippen LogP contribution in [-0.2, 0) is 16.1 Å². The Hall–Kier alpha value is -2.82. The Morgan fingerprint density at radius 2 is 2.00 bits per heavy atom. The molecule has 0 unspecified atom stereocenters. The van der Waals surface area contributed by atoms with Gasteiger partial charge in [-0.05, 0) is 52.3 Å². The van der Waals surface area contributed by atoms with Gasteiger partial charge >= 0.3 is 6.09 Å². The molecule has 1 aliphatic rings. The average molecular weight is 534 g/mol. The number of carbonyl (C=O) groups excluding carboxylic acids is 1. The number of thiazole rings is 1. The number of nitrogens with zero attached hydrogens (tertiary/aromatic N) is 4. The maximum atomic E-state index is 13.7. The first-order valence-corrected chi connectivity index (χ1v) is 12.8. The zero-order chi connectivity index (χ0) is 26.0. The predicted molar refractivity (Wildman–Crippen MR) is 139 cm³/mol. The largest absolute Gasteiger partial charge is 0.447 e. The molecule has 36 heavy (non-hydrogen) atoms. The monoisotopic (exact) mass is 533 g/mol. The quantitative estimate of drug-likeness (QED) is 0.357. The molecule has 11 heteroatoms. The van der Waals surface area contributed by atoms with E-state index in [9.17, 15) is 9.18 Å². The van der Waals surface area contributed by atoms with Crippen LogP contribution in [0, 0.1) is 0 Å². The lowest BCUT2D eigenvalue weighted by molar-refractivity contribution is -0.0618. The Labute approximate surface area is 218 Å². The van der Waals surface area contributed by atoms with Crippen molar-refractivity contribution in [2.24, 2.45) is 0 Å². The second kappa shape index (κ2) is 10.7. The summed E-state index contributed by atoms with van der Waals surface area (Å²) in [4.78, 5) is 28.4. The average Bonchev–Trinajstić information content (AvgIpc) is 3.45. The van der Waals surface area contributed by atoms with Crippen molar-refractivity contribution in [2.45, 2.75) is 65.1 Å². The fraction of sp³-hybridized carbons (Fsp3) is 0.440. The Balaban J connectivity index is 1.56. The minimum absolute atomic E-state index is 0.150. The molecule has 3 atom stereocenters. The van der Waals surface area contributed by atoms with Crippen molar-refractivity contribution >= 4 is 40.8 Å². The maximum absolute atomic E-state index is 13.7. The normalized spacial score (nSPS) is 17.7. The first kappa shape index (κ1) is 26.2. The maximum Gasteiger partial charge on any atom is 0.416 e. The lowest BCUT2D eigenvalue weighted by atomic mass is 10.1. The van der Waals surface area contributed by atoms with E-state index in [1.165, 1.54) is 22.3 Å². The van der Waals surface area contributed by atoms with E-state index in [0.717, 1.165) is 15.4 Å². The van der Waals surface area contributed by atoms with E-state index in [4.69, 9.17) is 21.1 Å². The number of nitrogens with one attached hydrogen (secondary N) is 1. The molecule has 0 saturated carbocycles. The summed E-state index contributed by atoms with van der Waals surface area (Å²) < 4.78 is 25.1. The molecule has 1 aromatic carbocycles. The van der Waals surface area contributed by atoms with Gasteiger partial charge in [0.1, 0.15) is 30.1 Å². The fourth-order valence-electron chi connectivity index (χ4n) is 3.91. The van der Waals surface area contributed by atoms with Crippen molar-refractivity contribution in [1.29, 1.82) is 0 Å². The van der Waals surface area contributed by atoms with Crippen molar-refractivity contribution in [3.63, 3.8) is 0 Å². The van der Waals surface area contributed by atoms with Gasteiger partial charge in [-0.15, -0.1) is 11.3 Å². The third-order valence-electron chi connectivity index (χ3n) is 5.50. The highest BCUT2D eigenvalue weighted by molar-refractivity contribution is 7.15. The number of cyclic esters (lactones) is 1. The highest BCUT2D eigenvalue weighted by Gasteiger charge is 2.40. The summed E-state index contributed by atoms with van der Waals surface area (Å²) in [5.74, 6) is 0.448. The molecule has 1 saturated heterocycles. The molecule has 0 aliphatic carbocycles. The van der Waals surface area contributed by atoms with Crippen LogP contribution in [0.15, 0.2) is 36.5 Å². The van der Waals surface area contributed by atoms with E-state index < -0.39 is 24.4 Å². The van der Waals surface area contributed by atoms with Crippen LogP contribution in [0.2, 0.25) is 5.02 Å². The standard InChI is InChI=1S/C25H29ClFN5O3S/c1-14(22-28-12-20(36-22)16-6-8-17(26)9-7-16)29-23-30-18(11-27)10-21(31-23)32-19(13-34-24(32)33)15(2)35-25(3,4)5/h6-10,12,14-15,19H,11,13H2,1-5H3,(H,29,30,31)/t14-,15+,19+/m0/s1. The Kier molecular flexibility index (Phi) is 7.77. The van der Waals surface area contributed by atoms with Crippen LogP contribution in [0.5, 0.6) is 0 Å². The highest BCUT2D eigenvalue weighted by Crippen LogP contribution is 2.32. The topological polar surface area (TPSA) is 89.5 Å². The van der Waals surface area contributed by atoms with Gasteiger partial charge in [0.25, 0.3) is 0 Å². The number of halogens is 2. The third-order valence-corrected chi connectivity index (χ3v) is 6.99. The van der Waals surface area contributed by atoms with Crippen molar-refractivity contribution in [3.8, 4) is 10.4 Å². The van der Waals surface area contributed by atoms with E-state index in [-0.39, 0.29) is 36.2 Å². The Bertz CT molecular complexity index is 1220. The van der Waals surface area contributed by atoms with Crippen LogP contribution in [0.4, 0.5) is 21.0 Å². The molecule has 1 aliphatic heterocycles. The van der Waals surface area contributed by atoms with Gasteiger partial charge in [0, 0.05) is 17.3 Å². The summed E-state index contributed by atoms with van der Waals surface area (Å²) in [6.45, 7) is 8.97. The van der Waals surface area contributed by atoms with E-state index in [1.54, 1.807) is 6.20 Å². The highest BCUT2D eigenvalue weighted by atomic mass is 35.5. The van der Waals surface area contributed by atoms with Crippen LogP contribution in [0.1, 0.15) is 51.4 Å². The first-order chi connectivity index (χ1) is 17.0. The summed E-state index contributed by atoms with van der Waals surface area (Å²) >= 11 is 7.51. The number of ether oxygens (including phenoxy) is 2. The van der Waals surface area contributed by atoms with Crippen molar-refractivity contribution in [1.82, 2.24) is 15.0 Å². The van der Waals surface area contributed by atoms with Crippen molar-refractivity contribution < 1.29 is 18.7 Å². The summed E-state index contributed by atoms with van der Waals surface area (Å²) in [6.07, 6.45) is 0.907. The zero-order valence-corrected chi connectivity index (χ0v) is 22.4. The van der Waals surface area contributed by atoms with Crippen LogP contribution in [0.25, 0.3) is 10.4 Å². The first-order valence-electron chi connectivity index (χ1n) is 11.6. The smallest absolute Gasteiger partial charge is 0.416 e.